The van der Waals surface area contributed by atoms with Gasteiger partial charge in [0.2, 0.25) is 0 Å². The molecule has 0 aromatic heterocycles. The molecule has 1 aliphatic rings. The fourth-order valence-corrected chi connectivity index (χ4v) is 1.76. The Morgan fingerprint density at radius 2 is 2.23 bits per heavy atom. The molecule has 13 heavy (non-hydrogen) atoms. The van der Waals surface area contributed by atoms with Crippen molar-refractivity contribution in [3.05, 3.63) is 0 Å². The van der Waals surface area contributed by atoms with Gasteiger partial charge in [0.15, 0.2) is 0 Å². The monoisotopic (exact) mass is 184 g/mol. The van der Waals surface area contributed by atoms with Gasteiger partial charge in [0.05, 0.1) is 13.0 Å². The van der Waals surface area contributed by atoms with Gasteiger partial charge in [0.25, 0.3) is 0 Å². The van der Waals surface area contributed by atoms with Crippen molar-refractivity contribution in [3.8, 4) is 0 Å². The van der Waals surface area contributed by atoms with E-state index in [1.807, 2.05) is 6.92 Å². The second-order valence-electron chi connectivity index (χ2n) is 3.59. The van der Waals surface area contributed by atoms with E-state index in [1.165, 1.54) is 0 Å². The van der Waals surface area contributed by atoms with Crippen LogP contribution in [0.5, 0.6) is 0 Å². The summed E-state index contributed by atoms with van der Waals surface area (Å²) < 4.78 is 4.80. The molecule has 2 atom stereocenters. The maximum absolute atomic E-state index is 11.4. The highest BCUT2D eigenvalue weighted by Gasteiger charge is 2.32. The van der Waals surface area contributed by atoms with Gasteiger partial charge >= 0.3 is 5.97 Å². The van der Waals surface area contributed by atoms with E-state index in [0.29, 0.717) is 6.61 Å². The molecule has 1 fully saturated rings. The number of hydrogen-bond acceptors (Lipinski definition) is 3. The third-order valence-electron chi connectivity index (χ3n) is 2.55. The third-order valence-corrected chi connectivity index (χ3v) is 2.55. The van der Waals surface area contributed by atoms with Crippen LogP contribution in [0.4, 0.5) is 0 Å². The van der Waals surface area contributed by atoms with Crippen molar-refractivity contribution >= 4 is 11.8 Å². The zero-order valence-corrected chi connectivity index (χ0v) is 8.21. The largest absolute Gasteiger partial charge is 0.466 e. The average Bonchev–Trinajstić information content (AvgIpc) is 2.37. The van der Waals surface area contributed by atoms with Gasteiger partial charge in [-0.3, -0.25) is 9.59 Å². The minimum Gasteiger partial charge on any atom is -0.466 e. The highest BCUT2D eigenvalue weighted by Crippen LogP contribution is 2.29. The second-order valence-corrected chi connectivity index (χ2v) is 3.59. The Morgan fingerprint density at radius 3 is 2.69 bits per heavy atom. The van der Waals surface area contributed by atoms with Crippen molar-refractivity contribution in [2.75, 3.05) is 6.61 Å². The van der Waals surface area contributed by atoms with E-state index in [4.69, 9.17) is 4.74 Å². The van der Waals surface area contributed by atoms with E-state index in [-0.39, 0.29) is 30.0 Å². The molecule has 1 saturated carbocycles. The topological polar surface area (TPSA) is 43.4 Å². The summed E-state index contributed by atoms with van der Waals surface area (Å²) in [6.07, 6.45) is 2.04. The number of esters is 1. The molecule has 0 amide bonds. The summed E-state index contributed by atoms with van der Waals surface area (Å²) in [5.41, 5.74) is 0. The minimum absolute atomic E-state index is 0.0750. The third kappa shape index (κ3) is 2.54. The molecule has 0 unspecified atom stereocenters. The standard InChI is InChI=1S/C10H16O3/c1-3-13-9(11)6-8-5-4-7(2)10(8)12/h7-8H,3-6H2,1-2H3/t7-,8+/m1/s1. The summed E-state index contributed by atoms with van der Waals surface area (Å²) >= 11 is 0. The molecule has 3 nitrogen and oxygen atoms in total. The van der Waals surface area contributed by atoms with Gasteiger partial charge in [-0.2, -0.15) is 0 Å². The van der Waals surface area contributed by atoms with Crippen molar-refractivity contribution < 1.29 is 14.3 Å². The molecule has 0 N–H and O–H groups in total. The predicted molar refractivity (Wildman–Crippen MR) is 48.1 cm³/mol. The van der Waals surface area contributed by atoms with Crippen LogP contribution < -0.4 is 0 Å². The van der Waals surface area contributed by atoms with E-state index in [1.54, 1.807) is 6.92 Å². The Morgan fingerprint density at radius 1 is 1.54 bits per heavy atom. The molecule has 0 saturated heterocycles. The predicted octanol–water partition coefficient (Wildman–Crippen LogP) is 1.55. The van der Waals surface area contributed by atoms with Gasteiger partial charge in [0.1, 0.15) is 5.78 Å². The van der Waals surface area contributed by atoms with Crippen molar-refractivity contribution in [1.29, 1.82) is 0 Å². The molecule has 1 aliphatic carbocycles. The molecule has 0 aliphatic heterocycles. The molecule has 0 radical (unpaired) electrons. The second kappa shape index (κ2) is 4.40. The maximum Gasteiger partial charge on any atom is 0.306 e. The van der Waals surface area contributed by atoms with Crippen LogP contribution in [-0.2, 0) is 14.3 Å². The normalized spacial score (nSPS) is 27.7. The van der Waals surface area contributed by atoms with Gasteiger partial charge in [-0.05, 0) is 19.8 Å². The fourth-order valence-electron chi connectivity index (χ4n) is 1.76. The van der Waals surface area contributed by atoms with Gasteiger partial charge in [-0.25, -0.2) is 0 Å². The zero-order valence-electron chi connectivity index (χ0n) is 8.21. The van der Waals surface area contributed by atoms with Crippen LogP contribution >= 0.6 is 0 Å². The van der Waals surface area contributed by atoms with E-state index in [9.17, 15) is 9.59 Å². The number of rotatable bonds is 3. The average molecular weight is 184 g/mol. The Hall–Kier alpha value is -0.860. The lowest BCUT2D eigenvalue weighted by atomic mass is 10.0. The first-order chi connectivity index (χ1) is 6.15. The first-order valence-electron chi connectivity index (χ1n) is 4.84. The Kier molecular flexibility index (Phi) is 3.46. The molecule has 0 aromatic carbocycles. The van der Waals surface area contributed by atoms with Gasteiger partial charge in [-0.15, -0.1) is 0 Å². The number of hydrogen-bond donors (Lipinski definition) is 0. The van der Waals surface area contributed by atoms with Crippen LogP contribution in [0.3, 0.4) is 0 Å². The maximum atomic E-state index is 11.4. The summed E-state index contributed by atoms with van der Waals surface area (Å²) in [5, 5.41) is 0. The molecule has 3 heteroatoms. The van der Waals surface area contributed by atoms with Gasteiger partial charge < -0.3 is 4.74 Å². The van der Waals surface area contributed by atoms with Crippen LogP contribution in [0.25, 0.3) is 0 Å². The van der Waals surface area contributed by atoms with Crippen molar-refractivity contribution in [2.45, 2.75) is 33.1 Å². The quantitative estimate of drug-likeness (QED) is 0.625. The summed E-state index contributed by atoms with van der Waals surface area (Å²) in [6.45, 7) is 4.10. The molecule has 0 heterocycles. The fraction of sp³-hybridized carbons (Fsp3) is 0.800. The Labute approximate surface area is 78.5 Å². The van der Waals surface area contributed by atoms with Crippen molar-refractivity contribution in [1.82, 2.24) is 0 Å². The molecule has 0 spiro atoms. The number of carbonyl (C=O) groups excluding carboxylic acids is 2. The van der Waals surface area contributed by atoms with Crippen LogP contribution in [0.2, 0.25) is 0 Å². The highest BCUT2D eigenvalue weighted by molar-refractivity contribution is 5.88. The molecule has 0 bridgehead atoms. The molecular weight excluding hydrogens is 168 g/mol. The Balaban J connectivity index is 2.38. The number of ketones is 1. The lowest BCUT2D eigenvalue weighted by molar-refractivity contribution is -0.145. The van der Waals surface area contributed by atoms with E-state index in [2.05, 4.69) is 0 Å². The zero-order chi connectivity index (χ0) is 9.84. The van der Waals surface area contributed by atoms with Gasteiger partial charge in [-0.1, -0.05) is 6.92 Å². The number of Topliss-reactive ketones (excluding diaryl/α,β-unsaturated/α-hetero) is 1. The first-order valence-corrected chi connectivity index (χ1v) is 4.84. The van der Waals surface area contributed by atoms with E-state index < -0.39 is 0 Å². The Bertz CT molecular complexity index is 210. The molecule has 0 aromatic rings. The lowest BCUT2D eigenvalue weighted by Crippen LogP contribution is -2.17. The number of carbonyl (C=O) groups is 2. The summed E-state index contributed by atoms with van der Waals surface area (Å²) in [7, 11) is 0. The van der Waals surface area contributed by atoms with E-state index >= 15 is 0 Å². The smallest absolute Gasteiger partial charge is 0.306 e. The lowest BCUT2D eigenvalue weighted by Gasteiger charge is -2.07. The summed E-state index contributed by atoms with van der Waals surface area (Å²) in [5.74, 6) is 0.0523. The molecular formula is C10H16O3. The van der Waals surface area contributed by atoms with Crippen molar-refractivity contribution in [3.63, 3.8) is 0 Å². The van der Waals surface area contributed by atoms with Crippen LogP contribution in [-0.4, -0.2) is 18.4 Å². The van der Waals surface area contributed by atoms with Crippen LogP contribution in [0.15, 0.2) is 0 Å². The SMILES string of the molecule is CCOC(=O)C[C@@H]1CC[C@@H](C)C1=O. The van der Waals surface area contributed by atoms with Crippen molar-refractivity contribution in [2.24, 2.45) is 11.8 Å². The molecule has 74 valence electrons. The summed E-state index contributed by atoms with van der Waals surface area (Å²) in [6, 6.07) is 0. The van der Waals surface area contributed by atoms with E-state index in [0.717, 1.165) is 12.8 Å². The summed E-state index contributed by atoms with van der Waals surface area (Å²) in [4.78, 5) is 22.5. The highest BCUT2D eigenvalue weighted by atomic mass is 16.5. The van der Waals surface area contributed by atoms with Gasteiger partial charge in [0, 0.05) is 11.8 Å². The number of ether oxygens (including phenoxy) is 1. The molecule has 1 rings (SSSR count). The van der Waals surface area contributed by atoms with Crippen LogP contribution in [0.1, 0.15) is 33.1 Å². The first kappa shape index (κ1) is 10.2. The minimum atomic E-state index is -0.241. The van der Waals surface area contributed by atoms with Crippen LogP contribution in [0, 0.1) is 11.8 Å².